The summed E-state index contributed by atoms with van der Waals surface area (Å²) in [4.78, 5) is 0. The summed E-state index contributed by atoms with van der Waals surface area (Å²) in [6.07, 6.45) is 0. The molecule has 0 saturated carbocycles. The highest BCUT2D eigenvalue weighted by molar-refractivity contribution is 7.09. The van der Waals surface area contributed by atoms with Crippen molar-refractivity contribution in [1.29, 1.82) is 0 Å². The van der Waals surface area contributed by atoms with Gasteiger partial charge in [-0.05, 0) is 6.92 Å². The average Bonchev–Trinajstić information content (AvgIpc) is 2.66. The fourth-order valence-electron chi connectivity index (χ4n) is 1.35. The van der Waals surface area contributed by atoms with Crippen LogP contribution >= 0.6 is 22.9 Å². The lowest BCUT2D eigenvalue weighted by Gasteiger charge is -1.94. The van der Waals surface area contributed by atoms with Gasteiger partial charge < -0.3 is 5.73 Å². The van der Waals surface area contributed by atoms with E-state index in [-0.39, 0.29) is 0 Å². The zero-order valence-corrected chi connectivity index (χ0v) is 9.49. The van der Waals surface area contributed by atoms with Crippen LogP contribution in [0.4, 0.5) is 5.82 Å². The zero-order valence-electron chi connectivity index (χ0n) is 7.91. The summed E-state index contributed by atoms with van der Waals surface area (Å²) in [6, 6.07) is 0. The summed E-state index contributed by atoms with van der Waals surface area (Å²) in [6.45, 7) is 1.95. The maximum Gasteiger partial charge on any atom is 0.124 e. The van der Waals surface area contributed by atoms with Crippen molar-refractivity contribution in [2.75, 3.05) is 5.73 Å². The first-order valence-electron chi connectivity index (χ1n) is 4.12. The minimum absolute atomic E-state index is 0.683. The van der Waals surface area contributed by atoms with Crippen molar-refractivity contribution in [1.82, 2.24) is 9.78 Å². The number of aromatic nitrogens is 2. The van der Waals surface area contributed by atoms with E-state index < -0.39 is 0 Å². The molecule has 0 aromatic carbocycles. The summed E-state index contributed by atoms with van der Waals surface area (Å²) >= 11 is 7.59. The number of nitrogens with two attached hydrogens (primary N) is 1. The van der Waals surface area contributed by atoms with Crippen molar-refractivity contribution in [2.45, 2.75) is 6.92 Å². The molecule has 0 aliphatic carbocycles. The summed E-state index contributed by atoms with van der Waals surface area (Å²) < 4.78 is 1.67. The second kappa shape index (κ2) is 3.29. The molecular weight excluding hydrogens is 218 g/mol. The number of nitrogens with zero attached hydrogens (tertiary/aromatic N) is 2. The largest absolute Gasteiger partial charge is 0.384 e. The monoisotopic (exact) mass is 227 g/mol. The van der Waals surface area contributed by atoms with Crippen molar-refractivity contribution in [2.24, 2.45) is 7.05 Å². The van der Waals surface area contributed by atoms with Gasteiger partial charge in [-0.1, -0.05) is 11.6 Å². The van der Waals surface area contributed by atoms with Crippen molar-refractivity contribution in [3.05, 3.63) is 21.3 Å². The van der Waals surface area contributed by atoms with Gasteiger partial charge in [0.1, 0.15) is 5.82 Å². The van der Waals surface area contributed by atoms with E-state index in [9.17, 15) is 0 Å². The third kappa shape index (κ3) is 1.31. The van der Waals surface area contributed by atoms with E-state index in [4.69, 9.17) is 17.3 Å². The molecular formula is C9H10ClN3S. The number of aryl methyl sites for hydroxylation is 1. The molecule has 2 rings (SSSR count). The molecule has 14 heavy (non-hydrogen) atoms. The van der Waals surface area contributed by atoms with Crippen LogP contribution < -0.4 is 5.73 Å². The van der Waals surface area contributed by atoms with Gasteiger partial charge in [0.15, 0.2) is 0 Å². The number of halogens is 1. The highest BCUT2D eigenvalue weighted by Crippen LogP contribution is 2.33. The van der Waals surface area contributed by atoms with E-state index in [0.717, 1.165) is 21.8 Å². The van der Waals surface area contributed by atoms with E-state index in [1.807, 2.05) is 24.7 Å². The van der Waals surface area contributed by atoms with Crippen molar-refractivity contribution < 1.29 is 0 Å². The Morgan fingerprint density at radius 3 is 2.64 bits per heavy atom. The summed E-state index contributed by atoms with van der Waals surface area (Å²) in [7, 11) is 1.83. The fourth-order valence-corrected chi connectivity index (χ4v) is 2.40. The van der Waals surface area contributed by atoms with Crippen LogP contribution in [0.3, 0.4) is 0 Å². The maximum atomic E-state index is 6.03. The van der Waals surface area contributed by atoms with Crippen LogP contribution in [-0.4, -0.2) is 9.78 Å². The van der Waals surface area contributed by atoms with Crippen LogP contribution in [0.15, 0.2) is 10.8 Å². The van der Waals surface area contributed by atoms with E-state index in [1.54, 1.807) is 16.0 Å². The standard InChI is InChI=1S/C9H10ClN3S/c1-5-8(12-13(2)9(5)11)6-3-14-4-7(6)10/h3-4H,11H2,1-2H3. The maximum absolute atomic E-state index is 6.03. The Labute approximate surface area is 91.1 Å². The van der Waals surface area contributed by atoms with Crippen molar-refractivity contribution in [3.63, 3.8) is 0 Å². The predicted molar refractivity (Wildman–Crippen MR) is 60.7 cm³/mol. The van der Waals surface area contributed by atoms with Crippen LogP contribution in [-0.2, 0) is 7.05 Å². The van der Waals surface area contributed by atoms with Gasteiger partial charge >= 0.3 is 0 Å². The van der Waals surface area contributed by atoms with Gasteiger partial charge in [-0.2, -0.15) is 16.4 Å². The Kier molecular flexibility index (Phi) is 2.25. The first-order valence-corrected chi connectivity index (χ1v) is 5.44. The molecule has 0 amide bonds. The van der Waals surface area contributed by atoms with Gasteiger partial charge in [-0.3, -0.25) is 4.68 Å². The third-order valence-electron chi connectivity index (χ3n) is 2.21. The molecule has 0 aliphatic heterocycles. The van der Waals surface area contributed by atoms with Crippen LogP contribution in [0.25, 0.3) is 11.3 Å². The molecule has 0 bridgehead atoms. The van der Waals surface area contributed by atoms with Crippen molar-refractivity contribution >= 4 is 28.8 Å². The second-order valence-electron chi connectivity index (χ2n) is 3.12. The normalized spacial score (nSPS) is 10.8. The van der Waals surface area contributed by atoms with Gasteiger partial charge in [0.25, 0.3) is 0 Å². The molecule has 2 heterocycles. The minimum Gasteiger partial charge on any atom is -0.384 e. The van der Waals surface area contributed by atoms with Gasteiger partial charge in [-0.15, -0.1) is 0 Å². The van der Waals surface area contributed by atoms with Gasteiger partial charge in [-0.25, -0.2) is 0 Å². The molecule has 0 atom stereocenters. The Morgan fingerprint density at radius 1 is 1.50 bits per heavy atom. The van der Waals surface area contributed by atoms with E-state index in [1.165, 1.54) is 0 Å². The minimum atomic E-state index is 0.683. The van der Waals surface area contributed by atoms with E-state index in [0.29, 0.717) is 5.82 Å². The van der Waals surface area contributed by atoms with Crippen LogP contribution in [0.5, 0.6) is 0 Å². The molecule has 0 aliphatic rings. The number of rotatable bonds is 1. The molecule has 0 radical (unpaired) electrons. The summed E-state index contributed by atoms with van der Waals surface area (Å²) in [5, 5.41) is 8.93. The highest BCUT2D eigenvalue weighted by Gasteiger charge is 2.14. The van der Waals surface area contributed by atoms with E-state index >= 15 is 0 Å². The molecule has 0 fully saturated rings. The number of hydrogen-bond donors (Lipinski definition) is 1. The molecule has 0 unspecified atom stereocenters. The first kappa shape index (κ1) is 9.55. The number of anilines is 1. The predicted octanol–water partition coefficient (Wildman–Crippen LogP) is 2.69. The molecule has 0 saturated heterocycles. The van der Waals surface area contributed by atoms with Gasteiger partial charge in [0.05, 0.1) is 10.7 Å². The number of hydrogen-bond acceptors (Lipinski definition) is 3. The fraction of sp³-hybridized carbons (Fsp3) is 0.222. The zero-order chi connectivity index (χ0) is 10.3. The Balaban J connectivity index is 2.63. The van der Waals surface area contributed by atoms with Crippen LogP contribution in [0.2, 0.25) is 5.02 Å². The first-order chi connectivity index (χ1) is 6.61. The molecule has 3 nitrogen and oxygen atoms in total. The molecule has 0 spiro atoms. The lowest BCUT2D eigenvalue weighted by atomic mass is 10.1. The Morgan fingerprint density at radius 2 is 2.21 bits per heavy atom. The number of thiophene rings is 1. The van der Waals surface area contributed by atoms with Gasteiger partial charge in [0.2, 0.25) is 0 Å². The third-order valence-corrected chi connectivity index (χ3v) is 3.39. The molecule has 2 aromatic rings. The molecule has 2 N–H and O–H groups in total. The average molecular weight is 228 g/mol. The molecule has 2 aromatic heterocycles. The Bertz CT molecular complexity index is 472. The lowest BCUT2D eigenvalue weighted by Crippen LogP contribution is -1.97. The SMILES string of the molecule is Cc1c(-c2cscc2Cl)nn(C)c1N. The van der Waals surface area contributed by atoms with E-state index in [2.05, 4.69) is 5.10 Å². The quantitative estimate of drug-likeness (QED) is 0.814. The molecule has 74 valence electrons. The Hall–Kier alpha value is -1.00. The topological polar surface area (TPSA) is 43.8 Å². The summed E-state index contributed by atoms with van der Waals surface area (Å²) in [5.74, 6) is 0.683. The highest BCUT2D eigenvalue weighted by atomic mass is 35.5. The van der Waals surface area contributed by atoms with Crippen LogP contribution in [0, 0.1) is 6.92 Å². The van der Waals surface area contributed by atoms with Crippen molar-refractivity contribution in [3.8, 4) is 11.3 Å². The number of nitrogen functional groups attached to an aromatic ring is 1. The van der Waals surface area contributed by atoms with Crippen LogP contribution in [0.1, 0.15) is 5.56 Å². The second-order valence-corrected chi connectivity index (χ2v) is 4.27. The van der Waals surface area contributed by atoms with Gasteiger partial charge in [0, 0.05) is 28.9 Å². The summed E-state index contributed by atoms with van der Waals surface area (Å²) in [5.41, 5.74) is 8.63. The molecule has 5 heteroatoms. The smallest absolute Gasteiger partial charge is 0.124 e. The lowest BCUT2D eigenvalue weighted by molar-refractivity contribution is 0.782.